The van der Waals surface area contributed by atoms with Crippen LogP contribution in [0.2, 0.25) is 0 Å². The van der Waals surface area contributed by atoms with E-state index >= 15 is 0 Å². The van der Waals surface area contributed by atoms with Crippen LogP contribution < -0.4 is 9.47 Å². The molecule has 0 unspecified atom stereocenters. The van der Waals surface area contributed by atoms with Gasteiger partial charge in [-0.05, 0) is 79.0 Å². The molecule has 1 atom stereocenters. The zero-order valence-corrected chi connectivity index (χ0v) is 18.7. The highest BCUT2D eigenvalue weighted by Gasteiger charge is 2.20. The van der Waals surface area contributed by atoms with E-state index in [1.165, 1.54) is 37.7 Å². The van der Waals surface area contributed by atoms with Crippen molar-refractivity contribution in [2.75, 3.05) is 6.61 Å². The molecule has 1 aliphatic rings. The van der Waals surface area contributed by atoms with Crippen molar-refractivity contribution >= 4 is 5.97 Å². The fraction of sp³-hybridized carbons (Fsp3) is 0.519. The predicted octanol–water partition coefficient (Wildman–Crippen LogP) is 7.09. The molecule has 2 aromatic rings. The highest BCUT2D eigenvalue weighted by atomic mass is 16.5. The van der Waals surface area contributed by atoms with E-state index in [-0.39, 0.29) is 5.97 Å². The molecular weight excluding hydrogens is 372 g/mol. The Kier molecular flexibility index (Phi) is 8.36. The second-order valence-corrected chi connectivity index (χ2v) is 8.88. The molecule has 3 nitrogen and oxygen atoms in total. The van der Waals surface area contributed by atoms with Crippen molar-refractivity contribution in [3.05, 3.63) is 59.7 Å². The first kappa shape index (κ1) is 22.4. The van der Waals surface area contributed by atoms with Crippen LogP contribution in [0, 0.1) is 17.8 Å². The van der Waals surface area contributed by atoms with Gasteiger partial charge in [0.05, 0.1) is 12.2 Å². The molecule has 0 radical (unpaired) electrons. The summed E-state index contributed by atoms with van der Waals surface area (Å²) in [5.74, 6) is 3.28. The molecule has 0 saturated heterocycles. The summed E-state index contributed by atoms with van der Waals surface area (Å²) in [7, 11) is 0. The second-order valence-electron chi connectivity index (χ2n) is 8.88. The first-order valence-electron chi connectivity index (χ1n) is 11.6. The van der Waals surface area contributed by atoms with Crippen LogP contribution in [0.5, 0.6) is 11.5 Å². The summed E-state index contributed by atoms with van der Waals surface area (Å²) in [5, 5.41) is 0. The number of benzene rings is 2. The maximum atomic E-state index is 12.4. The van der Waals surface area contributed by atoms with E-state index in [1.807, 2.05) is 36.4 Å². The topological polar surface area (TPSA) is 35.5 Å². The van der Waals surface area contributed by atoms with Crippen molar-refractivity contribution < 1.29 is 14.3 Å². The van der Waals surface area contributed by atoms with Gasteiger partial charge in [0, 0.05) is 0 Å². The highest BCUT2D eigenvalue weighted by Crippen LogP contribution is 2.31. The SMILES string of the molecule is CC[C@H](C)Cc1ccc(OC(=O)c2ccc(OC[C@H]3CC[C@H](CC)CC3)cc2)cc1. The van der Waals surface area contributed by atoms with E-state index in [0.29, 0.717) is 23.1 Å². The van der Waals surface area contributed by atoms with Crippen LogP contribution in [0.4, 0.5) is 0 Å². The van der Waals surface area contributed by atoms with Crippen molar-refractivity contribution in [1.29, 1.82) is 0 Å². The van der Waals surface area contributed by atoms with Gasteiger partial charge in [0.15, 0.2) is 0 Å². The predicted molar refractivity (Wildman–Crippen MR) is 122 cm³/mol. The molecule has 0 spiro atoms. The molecule has 162 valence electrons. The molecule has 30 heavy (non-hydrogen) atoms. The normalized spacial score (nSPS) is 19.8. The third-order valence-corrected chi connectivity index (χ3v) is 6.53. The third kappa shape index (κ3) is 6.62. The summed E-state index contributed by atoms with van der Waals surface area (Å²) in [4.78, 5) is 12.4. The van der Waals surface area contributed by atoms with Crippen LogP contribution in [0.1, 0.15) is 75.2 Å². The van der Waals surface area contributed by atoms with Gasteiger partial charge < -0.3 is 9.47 Å². The van der Waals surface area contributed by atoms with Gasteiger partial charge in [-0.3, -0.25) is 0 Å². The number of rotatable bonds is 9. The van der Waals surface area contributed by atoms with Gasteiger partial charge in [0.1, 0.15) is 11.5 Å². The van der Waals surface area contributed by atoms with Crippen LogP contribution in [-0.4, -0.2) is 12.6 Å². The third-order valence-electron chi connectivity index (χ3n) is 6.53. The van der Waals surface area contributed by atoms with Gasteiger partial charge in [-0.2, -0.15) is 0 Å². The number of carbonyl (C=O) groups is 1. The summed E-state index contributed by atoms with van der Waals surface area (Å²) in [5.41, 5.74) is 1.81. The van der Waals surface area contributed by atoms with Crippen LogP contribution in [0.3, 0.4) is 0 Å². The Morgan fingerprint density at radius 2 is 1.50 bits per heavy atom. The van der Waals surface area contributed by atoms with Gasteiger partial charge in [-0.15, -0.1) is 0 Å². The Morgan fingerprint density at radius 1 is 0.900 bits per heavy atom. The molecule has 0 aliphatic heterocycles. The summed E-state index contributed by atoms with van der Waals surface area (Å²) < 4.78 is 11.5. The summed E-state index contributed by atoms with van der Waals surface area (Å²) >= 11 is 0. The number of hydrogen-bond donors (Lipinski definition) is 0. The van der Waals surface area contributed by atoms with Crippen molar-refractivity contribution in [3.8, 4) is 11.5 Å². The Labute approximate surface area is 181 Å². The first-order chi connectivity index (χ1) is 14.6. The quantitative estimate of drug-likeness (QED) is 0.328. The Morgan fingerprint density at radius 3 is 2.10 bits per heavy atom. The Bertz CT molecular complexity index is 771. The maximum absolute atomic E-state index is 12.4. The van der Waals surface area contributed by atoms with E-state index in [0.717, 1.165) is 31.1 Å². The number of hydrogen-bond acceptors (Lipinski definition) is 3. The van der Waals surface area contributed by atoms with Crippen molar-refractivity contribution in [3.63, 3.8) is 0 Å². The average Bonchev–Trinajstić information content (AvgIpc) is 2.79. The van der Waals surface area contributed by atoms with Gasteiger partial charge in [0.25, 0.3) is 0 Å². The van der Waals surface area contributed by atoms with Crippen LogP contribution >= 0.6 is 0 Å². The first-order valence-corrected chi connectivity index (χ1v) is 11.6. The highest BCUT2D eigenvalue weighted by molar-refractivity contribution is 5.91. The fourth-order valence-electron chi connectivity index (χ4n) is 4.11. The largest absolute Gasteiger partial charge is 0.493 e. The molecule has 2 aromatic carbocycles. The lowest BCUT2D eigenvalue weighted by atomic mass is 9.81. The van der Waals surface area contributed by atoms with Gasteiger partial charge in [-0.1, -0.05) is 58.6 Å². The molecule has 3 rings (SSSR count). The van der Waals surface area contributed by atoms with Gasteiger partial charge in [0.2, 0.25) is 0 Å². The van der Waals surface area contributed by atoms with Crippen molar-refractivity contribution in [1.82, 2.24) is 0 Å². The number of carbonyl (C=O) groups excluding carboxylic acids is 1. The van der Waals surface area contributed by atoms with E-state index in [2.05, 4.69) is 20.8 Å². The summed E-state index contributed by atoms with van der Waals surface area (Å²) in [6.07, 6.45) is 8.69. The molecule has 3 heteroatoms. The van der Waals surface area contributed by atoms with E-state index in [4.69, 9.17) is 9.47 Å². The monoisotopic (exact) mass is 408 g/mol. The molecule has 1 saturated carbocycles. The average molecular weight is 409 g/mol. The molecule has 0 bridgehead atoms. The minimum Gasteiger partial charge on any atom is -0.493 e. The summed E-state index contributed by atoms with van der Waals surface area (Å²) in [6.45, 7) is 7.51. The van der Waals surface area contributed by atoms with Gasteiger partial charge in [-0.25, -0.2) is 4.79 Å². The second kappa shape index (κ2) is 11.2. The van der Waals surface area contributed by atoms with E-state index in [1.54, 1.807) is 12.1 Å². The van der Waals surface area contributed by atoms with E-state index in [9.17, 15) is 4.79 Å². The minimum absolute atomic E-state index is 0.339. The smallest absolute Gasteiger partial charge is 0.343 e. The molecule has 1 aliphatic carbocycles. The van der Waals surface area contributed by atoms with Crippen molar-refractivity contribution in [2.45, 2.75) is 65.7 Å². The Balaban J connectivity index is 1.46. The lowest BCUT2D eigenvalue weighted by Gasteiger charge is -2.27. The Hall–Kier alpha value is -2.29. The lowest BCUT2D eigenvalue weighted by molar-refractivity contribution is 0.0734. The molecule has 1 fully saturated rings. The fourth-order valence-corrected chi connectivity index (χ4v) is 4.11. The molecule has 0 amide bonds. The molecule has 0 heterocycles. The van der Waals surface area contributed by atoms with Crippen LogP contribution in [0.15, 0.2) is 48.5 Å². The van der Waals surface area contributed by atoms with Crippen molar-refractivity contribution in [2.24, 2.45) is 17.8 Å². The molecule has 0 aromatic heterocycles. The lowest BCUT2D eigenvalue weighted by Crippen LogP contribution is -2.19. The zero-order chi connectivity index (χ0) is 21.3. The standard InChI is InChI=1S/C27H36O3/c1-4-20(3)18-22-10-14-26(15-11-22)30-27(28)24-12-16-25(17-13-24)29-19-23-8-6-21(5-2)7-9-23/h10-17,20-21,23H,4-9,18-19H2,1-3H3/t20-,21-,23-/m0/s1. The molecule has 0 N–H and O–H groups in total. The van der Waals surface area contributed by atoms with Crippen LogP contribution in [-0.2, 0) is 6.42 Å². The zero-order valence-electron chi connectivity index (χ0n) is 18.7. The van der Waals surface area contributed by atoms with Gasteiger partial charge >= 0.3 is 5.97 Å². The minimum atomic E-state index is -0.339. The molecular formula is C27H36O3. The number of ether oxygens (including phenoxy) is 2. The summed E-state index contributed by atoms with van der Waals surface area (Å²) in [6, 6.07) is 15.1. The number of esters is 1. The maximum Gasteiger partial charge on any atom is 0.343 e. The van der Waals surface area contributed by atoms with Crippen LogP contribution in [0.25, 0.3) is 0 Å². The van der Waals surface area contributed by atoms with E-state index < -0.39 is 0 Å².